The highest BCUT2D eigenvalue weighted by Crippen LogP contribution is 2.32. The number of hydrogen-bond donors (Lipinski definition) is 1. The van der Waals surface area contributed by atoms with Gasteiger partial charge in [0, 0.05) is 32.8 Å². The summed E-state index contributed by atoms with van der Waals surface area (Å²) >= 11 is 1.80. The number of rotatable bonds is 4. The minimum Gasteiger partial charge on any atom is -0.355 e. The molecule has 0 saturated heterocycles. The quantitative estimate of drug-likeness (QED) is 0.447. The predicted molar refractivity (Wildman–Crippen MR) is 114 cm³/mol. The minimum atomic E-state index is 0.766. The monoisotopic (exact) mass is 371 g/mol. The number of pyridine rings is 2. The van der Waals surface area contributed by atoms with Crippen LogP contribution in [-0.4, -0.2) is 9.97 Å². The number of aromatic nitrogens is 2. The van der Waals surface area contributed by atoms with Gasteiger partial charge in [-0.3, -0.25) is 0 Å². The lowest BCUT2D eigenvalue weighted by atomic mass is 10.2. The highest BCUT2D eigenvalue weighted by Gasteiger charge is 2.05. The van der Waals surface area contributed by atoms with E-state index in [9.17, 15) is 0 Å². The van der Waals surface area contributed by atoms with Gasteiger partial charge in [-0.15, -0.1) is 0 Å². The number of nitrogens with one attached hydrogen (secondary N) is 1. The zero-order valence-electron chi connectivity index (χ0n) is 15.7. The molecule has 0 aliphatic heterocycles. The Labute approximate surface area is 163 Å². The first-order chi connectivity index (χ1) is 13.1. The largest absolute Gasteiger partial charge is 0.355 e. The van der Waals surface area contributed by atoms with Gasteiger partial charge in [0.05, 0.1) is 5.69 Å². The Morgan fingerprint density at radius 3 is 2.48 bits per heavy atom. The Morgan fingerprint density at radius 1 is 0.852 bits per heavy atom. The summed E-state index contributed by atoms with van der Waals surface area (Å²) in [4.78, 5) is 11.4. The lowest BCUT2D eigenvalue weighted by molar-refractivity contribution is 1.20. The highest BCUT2D eigenvalue weighted by molar-refractivity contribution is 7.99. The lowest BCUT2D eigenvalue weighted by Gasteiger charge is -2.11. The van der Waals surface area contributed by atoms with Crippen LogP contribution in [0.4, 0.5) is 11.4 Å². The normalized spacial score (nSPS) is 10.9. The van der Waals surface area contributed by atoms with Gasteiger partial charge in [-0.1, -0.05) is 23.9 Å². The summed E-state index contributed by atoms with van der Waals surface area (Å²) in [7, 11) is 0. The summed E-state index contributed by atoms with van der Waals surface area (Å²) in [6.45, 7) is 6.27. The SMILES string of the molecule is Cc1ccc(C)c(Sc2ccc(Nc3ccnc4nc(C)ccc34)cc2)c1. The third-order valence-electron chi connectivity index (χ3n) is 4.45. The van der Waals surface area contributed by atoms with Crippen LogP contribution in [0.15, 0.2) is 76.7 Å². The summed E-state index contributed by atoms with van der Waals surface area (Å²) in [5.74, 6) is 0. The van der Waals surface area contributed by atoms with Crippen LogP contribution < -0.4 is 5.32 Å². The molecule has 0 radical (unpaired) electrons. The van der Waals surface area contributed by atoms with Gasteiger partial charge < -0.3 is 5.32 Å². The van der Waals surface area contributed by atoms with Gasteiger partial charge in [-0.05, 0) is 80.4 Å². The van der Waals surface area contributed by atoms with Crippen molar-refractivity contribution in [2.75, 3.05) is 5.32 Å². The van der Waals surface area contributed by atoms with Crippen molar-refractivity contribution in [2.24, 2.45) is 0 Å². The van der Waals surface area contributed by atoms with Crippen molar-refractivity contribution < 1.29 is 0 Å². The Hall–Kier alpha value is -2.85. The molecule has 0 aliphatic carbocycles. The number of fused-ring (bicyclic) bond motifs is 1. The Balaban J connectivity index is 1.56. The van der Waals surface area contributed by atoms with Crippen molar-refractivity contribution in [3.05, 3.63) is 83.7 Å². The van der Waals surface area contributed by atoms with Crippen LogP contribution in [-0.2, 0) is 0 Å². The number of hydrogen-bond acceptors (Lipinski definition) is 4. The van der Waals surface area contributed by atoms with Crippen LogP contribution in [0.3, 0.4) is 0 Å². The molecule has 2 aromatic heterocycles. The maximum absolute atomic E-state index is 4.50. The first kappa shape index (κ1) is 17.6. The topological polar surface area (TPSA) is 37.8 Å². The van der Waals surface area contributed by atoms with Gasteiger partial charge in [0.25, 0.3) is 0 Å². The Kier molecular flexibility index (Phi) is 4.82. The molecule has 0 aliphatic rings. The van der Waals surface area contributed by atoms with Crippen LogP contribution in [0.2, 0.25) is 0 Å². The van der Waals surface area contributed by atoms with E-state index in [2.05, 4.69) is 77.7 Å². The predicted octanol–water partition coefficient (Wildman–Crippen LogP) is 6.45. The summed E-state index contributed by atoms with van der Waals surface area (Å²) in [6.07, 6.45) is 1.79. The molecule has 0 atom stereocenters. The lowest BCUT2D eigenvalue weighted by Crippen LogP contribution is -1.94. The Morgan fingerprint density at radius 2 is 1.67 bits per heavy atom. The zero-order chi connectivity index (χ0) is 18.8. The van der Waals surface area contributed by atoms with E-state index in [-0.39, 0.29) is 0 Å². The number of nitrogens with zero attached hydrogens (tertiary/aromatic N) is 2. The number of aryl methyl sites for hydroxylation is 3. The molecule has 4 rings (SSSR count). The fourth-order valence-electron chi connectivity index (χ4n) is 2.94. The van der Waals surface area contributed by atoms with Crippen molar-refractivity contribution in [3.8, 4) is 0 Å². The molecule has 0 spiro atoms. The van der Waals surface area contributed by atoms with Crippen molar-refractivity contribution in [3.63, 3.8) is 0 Å². The van der Waals surface area contributed by atoms with Crippen molar-refractivity contribution in [1.29, 1.82) is 0 Å². The van der Waals surface area contributed by atoms with Crippen molar-refractivity contribution in [1.82, 2.24) is 9.97 Å². The Bertz CT molecular complexity index is 1100. The van der Waals surface area contributed by atoms with Crippen LogP contribution in [0, 0.1) is 20.8 Å². The van der Waals surface area contributed by atoms with E-state index in [1.165, 1.54) is 20.9 Å². The van der Waals surface area contributed by atoms with Crippen LogP contribution in [0.5, 0.6) is 0 Å². The maximum Gasteiger partial charge on any atom is 0.161 e. The summed E-state index contributed by atoms with van der Waals surface area (Å²) < 4.78 is 0. The fourth-order valence-corrected chi connectivity index (χ4v) is 3.94. The highest BCUT2D eigenvalue weighted by atomic mass is 32.2. The average molecular weight is 372 g/mol. The van der Waals surface area contributed by atoms with Crippen LogP contribution >= 0.6 is 11.8 Å². The van der Waals surface area contributed by atoms with Crippen molar-refractivity contribution in [2.45, 2.75) is 30.6 Å². The molecule has 2 aromatic carbocycles. The van der Waals surface area contributed by atoms with Gasteiger partial charge >= 0.3 is 0 Å². The van der Waals surface area contributed by atoms with Crippen LogP contribution in [0.25, 0.3) is 11.0 Å². The summed E-state index contributed by atoms with van der Waals surface area (Å²) in [6, 6.07) is 21.2. The smallest absolute Gasteiger partial charge is 0.161 e. The average Bonchev–Trinajstić information content (AvgIpc) is 2.66. The minimum absolute atomic E-state index is 0.766. The molecule has 1 N–H and O–H groups in total. The second kappa shape index (κ2) is 7.41. The molecule has 4 heteroatoms. The number of anilines is 2. The second-order valence-electron chi connectivity index (χ2n) is 6.70. The molecular formula is C23H21N3S. The molecule has 0 saturated carbocycles. The zero-order valence-corrected chi connectivity index (χ0v) is 16.5. The van der Waals surface area contributed by atoms with Gasteiger partial charge in [0.1, 0.15) is 0 Å². The van der Waals surface area contributed by atoms with Gasteiger partial charge in [0.15, 0.2) is 5.65 Å². The standard InChI is InChI=1S/C23H21N3S/c1-15-4-5-16(2)22(14-15)27-19-9-7-18(8-10-19)26-21-12-13-24-23-20(21)11-6-17(3)25-23/h4-14H,1-3H3,(H,24,25,26). The van der Waals surface area contributed by atoms with E-state index in [0.717, 1.165) is 28.1 Å². The first-order valence-corrected chi connectivity index (χ1v) is 9.75. The van der Waals surface area contributed by atoms with E-state index >= 15 is 0 Å². The molecule has 0 bridgehead atoms. The van der Waals surface area contributed by atoms with E-state index in [4.69, 9.17) is 0 Å². The molecule has 3 nitrogen and oxygen atoms in total. The van der Waals surface area contributed by atoms with Crippen molar-refractivity contribution >= 4 is 34.2 Å². The summed E-state index contributed by atoms with van der Waals surface area (Å²) in [5.41, 5.74) is 6.39. The molecule has 0 amide bonds. The third-order valence-corrected chi connectivity index (χ3v) is 5.61. The van der Waals surface area contributed by atoms with E-state index in [1.54, 1.807) is 18.0 Å². The first-order valence-electron chi connectivity index (χ1n) is 8.93. The molecule has 2 heterocycles. The van der Waals surface area contributed by atoms with Gasteiger partial charge in [0.2, 0.25) is 0 Å². The second-order valence-corrected chi connectivity index (χ2v) is 7.82. The third kappa shape index (κ3) is 3.96. The molecular weight excluding hydrogens is 350 g/mol. The van der Waals surface area contributed by atoms with Gasteiger partial charge in [-0.2, -0.15) is 0 Å². The van der Waals surface area contributed by atoms with E-state index in [0.29, 0.717) is 0 Å². The summed E-state index contributed by atoms with van der Waals surface area (Å²) in [5, 5.41) is 4.51. The molecule has 134 valence electrons. The fraction of sp³-hybridized carbons (Fsp3) is 0.130. The van der Waals surface area contributed by atoms with E-state index < -0.39 is 0 Å². The molecule has 27 heavy (non-hydrogen) atoms. The molecule has 0 fully saturated rings. The van der Waals surface area contributed by atoms with Gasteiger partial charge in [-0.25, -0.2) is 9.97 Å². The van der Waals surface area contributed by atoms with E-state index in [1.807, 2.05) is 19.1 Å². The molecule has 0 unspecified atom stereocenters. The number of benzene rings is 2. The maximum atomic E-state index is 4.50. The van der Waals surface area contributed by atoms with Crippen LogP contribution in [0.1, 0.15) is 16.8 Å². The molecule has 4 aromatic rings.